The van der Waals surface area contributed by atoms with Gasteiger partial charge in [-0.2, -0.15) is 0 Å². The van der Waals surface area contributed by atoms with Gasteiger partial charge in [-0.25, -0.2) is 8.42 Å². The molecular formula is C3H7N3O2S. The third-order valence-corrected chi connectivity index (χ3v) is 2.13. The lowest BCUT2D eigenvalue weighted by Gasteiger charge is -2.14. The van der Waals surface area contributed by atoms with E-state index in [0.717, 1.165) is 0 Å². The van der Waals surface area contributed by atoms with E-state index in [-0.39, 0.29) is 18.0 Å². The Hall–Kier alpha value is -0.620. The molecule has 0 aliphatic carbocycles. The third-order valence-electron chi connectivity index (χ3n) is 0.978. The van der Waals surface area contributed by atoms with Gasteiger partial charge in [0.2, 0.25) is 10.0 Å². The Morgan fingerprint density at radius 3 is 2.56 bits per heavy atom. The summed E-state index contributed by atoms with van der Waals surface area (Å²) in [6.07, 6.45) is 0.273. The number of nitrogens with one attached hydrogen (secondary N) is 3. The minimum Gasteiger partial charge on any atom is -0.296 e. The lowest BCUT2D eigenvalue weighted by Crippen LogP contribution is -2.47. The zero-order valence-corrected chi connectivity index (χ0v) is 5.46. The van der Waals surface area contributed by atoms with Crippen LogP contribution in [0.5, 0.6) is 0 Å². The Morgan fingerprint density at radius 2 is 2.22 bits per heavy atom. The molecule has 9 heavy (non-hydrogen) atoms. The monoisotopic (exact) mass is 149 g/mol. The van der Waals surface area contributed by atoms with Gasteiger partial charge in [-0.15, -0.1) is 4.83 Å². The van der Waals surface area contributed by atoms with Crippen molar-refractivity contribution in [1.82, 2.24) is 10.3 Å². The molecule has 0 bridgehead atoms. The fourth-order valence-electron chi connectivity index (χ4n) is 0.489. The van der Waals surface area contributed by atoms with E-state index in [1.54, 1.807) is 0 Å². The highest BCUT2D eigenvalue weighted by atomic mass is 32.2. The first-order valence-electron chi connectivity index (χ1n) is 2.43. The van der Waals surface area contributed by atoms with Crippen molar-refractivity contribution in [3.63, 3.8) is 0 Å². The SMILES string of the molecule is N=C1CCS(=O)(=O)NN1. The molecule has 1 saturated heterocycles. The summed E-state index contributed by atoms with van der Waals surface area (Å²) >= 11 is 0. The molecule has 0 aromatic carbocycles. The lowest BCUT2D eigenvalue weighted by atomic mass is 10.5. The molecule has 1 rings (SSSR count). The zero-order chi connectivity index (χ0) is 6.91. The molecule has 0 aromatic rings. The second-order valence-corrected chi connectivity index (χ2v) is 3.62. The number of hydrazine groups is 1. The normalized spacial score (nSPS) is 25.1. The third kappa shape index (κ3) is 1.65. The standard InChI is InChI=1S/C3H7N3O2S/c4-3-1-2-9(7,8)6-5-3/h6H,1-2H2,(H2,4,5). The average molecular weight is 149 g/mol. The number of hydrogen-bond donors (Lipinski definition) is 3. The summed E-state index contributed by atoms with van der Waals surface area (Å²) in [5, 5.41) is 6.93. The molecule has 1 aliphatic rings. The summed E-state index contributed by atoms with van der Waals surface area (Å²) in [6.45, 7) is 0. The second-order valence-electron chi connectivity index (χ2n) is 1.77. The van der Waals surface area contributed by atoms with Crippen molar-refractivity contribution in [2.45, 2.75) is 6.42 Å². The van der Waals surface area contributed by atoms with Crippen LogP contribution < -0.4 is 10.3 Å². The zero-order valence-electron chi connectivity index (χ0n) is 4.64. The van der Waals surface area contributed by atoms with Crippen molar-refractivity contribution in [2.75, 3.05) is 5.75 Å². The van der Waals surface area contributed by atoms with Crippen LogP contribution in [0, 0.1) is 5.41 Å². The minimum absolute atomic E-state index is 0.0127. The Balaban J connectivity index is 2.65. The van der Waals surface area contributed by atoms with Crippen molar-refractivity contribution in [2.24, 2.45) is 0 Å². The van der Waals surface area contributed by atoms with Crippen molar-refractivity contribution >= 4 is 15.9 Å². The molecule has 0 amide bonds. The predicted molar refractivity (Wildman–Crippen MR) is 32.4 cm³/mol. The van der Waals surface area contributed by atoms with Gasteiger partial charge in [-0.3, -0.25) is 10.8 Å². The summed E-state index contributed by atoms with van der Waals surface area (Å²) in [6, 6.07) is 0. The van der Waals surface area contributed by atoms with Crippen LogP contribution in [0.25, 0.3) is 0 Å². The van der Waals surface area contributed by atoms with Gasteiger partial charge in [0.25, 0.3) is 0 Å². The van der Waals surface area contributed by atoms with Gasteiger partial charge in [0.15, 0.2) is 0 Å². The molecule has 3 N–H and O–H groups in total. The van der Waals surface area contributed by atoms with E-state index in [1.807, 2.05) is 4.83 Å². The fourth-order valence-corrected chi connectivity index (χ4v) is 1.34. The number of amidine groups is 1. The smallest absolute Gasteiger partial charge is 0.228 e. The number of rotatable bonds is 0. The van der Waals surface area contributed by atoms with Crippen LogP contribution in [-0.2, 0) is 10.0 Å². The molecule has 1 fully saturated rings. The summed E-state index contributed by atoms with van der Waals surface area (Å²) in [5.41, 5.74) is 2.22. The van der Waals surface area contributed by atoms with Gasteiger partial charge in [0.05, 0.1) is 5.75 Å². The van der Waals surface area contributed by atoms with Gasteiger partial charge >= 0.3 is 0 Å². The first-order valence-corrected chi connectivity index (χ1v) is 4.08. The lowest BCUT2D eigenvalue weighted by molar-refractivity contribution is 0.570. The molecule has 0 radical (unpaired) electrons. The molecule has 1 heterocycles. The molecule has 0 unspecified atom stereocenters. The van der Waals surface area contributed by atoms with E-state index < -0.39 is 10.0 Å². The predicted octanol–water partition coefficient (Wildman–Crippen LogP) is -1.21. The molecule has 52 valence electrons. The molecule has 6 heteroatoms. The van der Waals surface area contributed by atoms with E-state index in [2.05, 4.69) is 5.43 Å². The van der Waals surface area contributed by atoms with Gasteiger partial charge < -0.3 is 0 Å². The molecule has 0 saturated carbocycles. The van der Waals surface area contributed by atoms with E-state index in [0.29, 0.717) is 0 Å². The first kappa shape index (κ1) is 6.50. The van der Waals surface area contributed by atoms with Crippen LogP contribution >= 0.6 is 0 Å². The van der Waals surface area contributed by atoms with Crippen LogP contribution in [0.15, 0.2) is 0 Å². The van der Waals surface area contributed by atoms with Crippen LogP contribution in [0.4, 0.5) is 0 Å². The van der Waals surface area contributed by atoms with Crippen molar-refractivity contribution < 1.29 is 8.42 Å². The number of hydrogen-bond acceptors (Lipinski definition) is 3. The van der Waals surface area contributed by atoms with Crippen molar-refractivity contribution in [3.05, 3.63) is 0 Å². The van der Waals surface area contributed by atoms with E-state index in [1.165, 1.54) is 0 Å². The summed E-state index contributed by atoms with van der Waals surface area (Å²) in [5.74, 6) is 0.226. The van der Waals surface area contributed by atoms with Crippen LogP contribution in [0.1, 0.15) is 6.42 Å². The largest absolute Gasteiger partial charge is 0.296 e. The van der Waals surface area contributed by atoms with Crippen LogP contribution in [0.3, 0.4) is 0 Å². The topological polar surface area (TPSA) is 82.0 Å². The maximum atomic E-state index is 10.5. The Morgan fingerprint density at radius 1 is 1.56 bits per heavy atom. The fraction of sp³-hybridized carbons (Fsp3) is 0.667. The second kappa shape index (κ2) is 1.96. The molecule has 0 spiro atoms. The van der Waals surface area contributed by atoms with Crippen LogP contribution in [-0.4, -0.2) is 20.0 Å². The maximum absolute atomic E-state index is 10.5. The Kier molecular flexibility index (Phi) is 1.42. The Labute approximate surface area is 53.0 Å². The quantitative estimate of drug-likeness (QED) is 0.404. The highest BCUT2D eigenvalue weighted by molar-refractivity contribution is 7.89. The summed E-state index contributed by atoms with van der Waals surface area (Å²) < 4.78 is 21.1. The highest BCUT2D eigenvalue weighted by Gasteiger charge is 2.16. The minimum atomic E-state index is -3.12. The van der Waals surface area contributed by atoms with Gasteiger partial charge in [0.1, 0.15) is 5.84 Å². The molecule has 0 atom stereocenters. The molecule has 0 aromatic heterocycles. The van der Waals surface area contributed by atoms with E-state index in [4.69, 9.17) is 5.41 Å². The molecule has 1 aliphatic heterocycles. The summed E-state index contributed by atoms with van der Waals surface area (Å²) in [7, 11) is -3.12. The van der Waals surface area contributed by atoms with Gasteiger partial charge in [0, 0.05) is 6.42 Å². The highest BCUT2D eigenvalue weighted by Crippen LogP contribution is 1.92. The van der Waals surface area contributed by atoms with Gasteiger partial charge in [-0.05, 0) is 0 Å². The van der Waals surface area contributed by atoms with E-state index >= 15 is 0 Å². The van der Waals surface area contributed by atoms with Crippen LogP contribution in [0.2, 0.25) is 0 Å². The maximum Gasteiger partial charge on any atom is 0.228 e. The molecule has 5 nitrogen and oxygen atoms in total. The molecular weight excluding hydrogens is 142 g/mol. The van der Waals surface area contributed by atoms with Crippen molar-refractivity contribution in [3.8, 4) is 0 Å². The number of sulfonamides is 1. The van der Waals surface area contributed by atoms with Crippen molar-refractivity contribution in [1.29, 1.82) is 5.41 Å². The Bertz CT molecular complexity index is 203. The first-order chi connectivity index (χ1) is 4.10. The summed E-state index contributed by atoms with van der Waals surface area (Å²) in [4.78, 5) is 2.01. The van der Waals surface area contributed by atoms with Gasteiger partial charge in [-0.1, -0.05) is 0 Å². The van der Waals surface area contributed by atoms with E-state index in [9.17, 15) is 8.42 Å². The average Bonchev–Trinajstić information content (AvgIpc) is 1.78.